The second-order valence-electron chi connectivity index (χ2n) is 5.08. The highest BCUT2D eigenvalue weighted by Gasteiger charge is 2.31. The molecule has 0 aliphatic carbocycles. The fourth-order valence-electron chi connectivity index (χ4n) is 2.67. The molecule has 1 atom stereocenters. The number of rotatable bonds is 7. The molecule has 24 heavy (non-hydrogen) atoms. The van der Waals surface area contributed by atoms with Gasteiger partial charge >= 0.3 is 0 Å². The fraction of sp³-hybridized carbons (Fsp3) is 0.375. The first-order chi connectivity index (χ1) is 11.7. The molecule has 8 nitrogen and oxygen atoms in total. The van der Waals surface area contributed by atoms with Crippen molar-refractivity contribution in [2.75, 3.05) is 28.4 Å². The van der Waals surface area contributed by atoms with Crippen LogP contribution < -0.4 is 9.47 Å². The van der Waals surface area contributed by atoms with Crippen LogP contribution in [0.1, 0.15) is 17.5 Å². The van der Waals surface area contributed by atoms with Crippen LogP contribution in [0.2, 0.25) is 0 Å². The van der Waals surface area contributed by atoms with E-state index >= 15 is 0 Å². The number of aromatic amines is 1. The molecule has 8 heteroatoms. The van der Waals surface area contributed by atoms with Crippen LogP contribution in [0.3, 0.4) is 0 Å². The Kier molecular flexibility index (Phi) is 4.68. The lowest BCUT2D eigenvalue weighted by molar-refractivity contribution is -0.114. The van der Waals surface area contributed by atoms with Gasteiger partial charge in [0.2, 0.25) is 0 Å². The minimum absolute atomic E-state index is 0.411. The van der Waals surface area contributed by atoms with Crippen molar-refractivity contribution in [2.45, 2.75) is 12.2 Å². The number of nitrogens with zero attached hydrogens (tertiary/aromatic N) is 2. The summed E-state index contributed by atoms with van der Waals surface area (Å²) in [6.45, 7) is 0. The number of furan rings is 1. The molecule has 0 saturated carbocycles. The average Bonchev–Trinajstić information content (AvgIpc) is 3.27. The quantitative estimate of drug-likeness (QED) is 0.663. The van der Waals surface area contributed by atoms with Crippen molar-refractivity contribution in [3.05, 3.63) is 36.1 Å². The van der Waals surface area contributed by atoms with E-state index in [-0.39, 0.29) is 0 Å². The molecule has 0 spiro atoms. The molecule has 0 aliphatic heterocycles. The van der Waals surface area contributed by atoms with Crippen LogP contribution in [0, 0.1) is 0 Å². The number of nitrogens with one attached hydrogen (secondary N) is 1. The molecule has 2 aromatic heterocycles. The number of hydrogen-bond donors (Lipinski definition) is 1. The van der Waals surface area contributed by atoms with Gasteiger partial charge in [-0.2, -0.15) is 5.10 Å². The van der Waals surface area contributed by atoms with E-state index in [0.717, 1.165) is 5.39 Å². The number of hydrogen-bond acceptors (Lipinski definition) is 7. The first kappa shape index (κ1) is 16.3. The van der Waals surface area contributed by atoms with Crippen molar-refractivity contribution < 1.29 is 23.4 Å². The number of ether oxygens (including phenoxy) is 4. The maximum Gasteiger partial charge on any atom is 0.176 e. The summed E-state index contributed by atoms with van der Waals surface area (Å²) in [4.78, 5) is 4.21. The Morgan fingerprint density at radius 2 is 1.83 bits per heavy atom. The largest absolute Gasteiger partial charge is 0.497 e. The molecule has 3 aromatic rings. The number of methoxy groups -OCH3 is 4. The van der Waals surface area contributed by atoms with Gasteiger partial charge in [0.05, 0.1) is 14.2 Å². The van der Waals surface area contributed by atoms with E-state index in [1.54, 1.807) is 34.5 Å². The maximum atomic E-state index is 6.03. The maximum absolute atomic E-state index is 6.03. The molecular formula is C16H19N3O5. The number of fused-ring (bicyclic) bond motifs is 1. The lowest BCUT2D eigenvalue weighted by Crippen LogP contribution is -2.24. The summed E-state index contributed by atoms with van der Waals surface area (Å²) in [6, 6.07) is 5.53. The minimum atomic E-state index is -0.591. The first-order valence-electron chi connectivity index (χ1n) is 7.28. The molecule has 1 N–H and O–H groups in total. The number of benzene rings is 1. The third-order valence-electron chi connectivity index (χ3n) is 3.80. The summed E-state index contributed by atoms with van der Waals surface area (Å²) in [5.41, 5.74) is 0.615. The number of aromatic nitrogens is 3. The molecule has 0 bridgehead atoms. The van der Waals surface area contributed by atoms with E-state index in [0.29, 0.717) is 28.7 Å². The SMILES string of the molecule is COc1cc(OC)c2oc(C(c3ncn[nH]3)C(OC)OC)cc2c1. The summed E-state index contributed by atoms with van der Waals surface area (Å²) in [5.74, 6) is 2.04. The first-order valence-corrected chi connectivity index (χ1v) is 7.28. The van der Waals surface area contributed by atoms with E-state index < -0.39 is 12.2 Å². The summed E-state index contributed by atoms with van der Waals surface area (Å²) >= 11 is 0. The zero-order valence-electron chi connectivity index (χ0n) is 13.9. The van der Waals surface area contributed by atoms with Gasteiger partial charge in [-0.25, -0.2) is 4.98 Å². The highest BCUT2D eigenvalue weighted by molar-refractivity contribution is 5.85. The molecule has 1 unspecified atom stereocenters. The summed E-state index contributed by atoms with van der Waals surface area (Å²) in [6.07, 6.45) is 0.836. The Labute approximate surface area is 138 Å². The summed E-state index contributed by atoms with van der Waals surface area (Å²) < 4.78 is 27.5. The smallest absolute Gasteiger partial charge is 0.176 e. The molecular weight excluding hydrogens is 314 g/mol. The Bertz CT molecular complexity index is 796. The molecule has 0 fully saturated rings. The van der Waals surface area contributed by atoms with Crippen LogP contribution in [-0.2, 0) is 9.47 Å². The van der Waals surface area contributed by atoms with Gasteiger partial charge in [-0.1, -0.05) is 0 Å². The van der Waals surface area contributed by atoms with Gasteiger partial charge in [0, 0.05) is 25.7 Å². The van der Waals surface area contributed by atoms with Crippen molar-refractivity contribution in [3.63, 3.8) is 0 Å². The van der Waals surface area contributed by atoms with Crippen molar-refractivity contribution in [1.82, 2.24) is 15.2 Å². The molecule has 0 amide bonds. The second kappa shape index (κ2) is 6.90. The van der Waals surface area contributed by atoms with Gasteiger partial charge in [0.1, 0.15) is 29.6 Å². The van der Waals surface area contributed by atoms with Crippen LogP contribution in [-0.4, -0.2) is 49.9 Å². The Balaban J connectivity index is 2.14. The molecule has 3 rings (SSSR count). The van der Waals surface area contributed by atoms with E-state index in [4.69, 9.17) is 23.4 Å². The van der Waals surface area contributed by atoms with Crippen LogP contribution >= 0.6 is 0 Å². The molecule has 0 saturated heterocycles. The van der Waals surface area contributed by atoms with E-state index in [9.17, 15) is 0 Å². The predicted octanol–water partition coefficient (Wildman–Crippen LogP) is 2.32. The van der Waals surface area contributed by atoms with Gasteiger partial charge in [-0.15, -0.1) is 0 Å². The number of H-pyrrole nitrogens is 1. The Hall–Kier alpha value is -2.58. The van der Waals surface area contributed by atoms with Crippen molar-refractivity contribution >= 4 is 11.0 Å². The van der Waals surface area contributed by atoms with Crippen molar-refractivity contribution in [3.8, 4) is 11.5 Å². The highest BCUT2D eigenvalue weighted by Crippen LogP contribution is 2.38. The van der Waals surface area contributed by atoms with E-state index in [1.807, 2.05) is 12.1 Å². The van der Waals surface area contributed by atoms with E-state index in [2.05, 4.69) is 15.2 Å². The third kappa shape index (κ3) is 2.81. The Morgan fingerprint density at radius 3 is 2.42 bits per heavy atom. The average molecular weight is 333 g/mol. The van der Waals surface area contributed by atoms with Crippen molar-refractivity contribution in [1.29, 1.82) is 0 Å². The van der Waals surface area contributed by atoms with Gasteiger partial charge < -0.3 is 23.4 Å². The molecule has 128 valence electrons. The van der Waals surface area contributed by atoms with Gasteiger partial charge in [0.15, 0.2) is 17.6 Å². The van der Waals surface area contributed by atoms with Crippen LogP contribution in [0.15, 0.2) is 28.9 Å². The van der Waals surface area contributed by atoms with Crippen molar-refractivity contribution in [2.24, 2.45) is 0 Å². The monoisotopic (exact) mass is 333 g/mol. The summed E-state index contributed by atoms with van der Waals surface area (Å²) in [5, 5.41) is 7.59. The van der Waals surface area contributed by atoms with Gasteiger partial charge in [-0.05, 0) is 12.1 Å². The zero-order chi connectivity index (χ0) is 17.1. The van der Waals surface area contributed by atoms with E-state index in [1.165, 1.54) is 6.33 Å². The second-order valence-corrected chi connectivity index (χ2v) is 5.08. The molecule has 1 aromatic carbocycles. The molecule has 0 radical (unpaired) electrons. The molecule has 0 aliphatic rings. The normalized spacial score (nSPS) is 12.7. The Morgan fingerprint density at radius 1 is 1.04 bits per heavy atom. The zero-order valence-corrected chi connectivity index (χ0v) is 13.9. The standard InChI is InChI=1S/C16H19N3O5/c1-20-10-5-9-6-11(24-14(9)12(7-10)21-2)13(16(22-3)23-4)15-17-8-18-19-15/h5-8,13,16H,1-4H3,(H,17,18,19). The van der Waals surface area contributed by atoms with Crippen LogP contribution in [0.4, 0.5) is 0 Å². The lowest BCUT2D eigenvalue weighted by Gasteiger charge is -2.20. The lowest BCUT2D eigenvalue weighted by atomic mass is 10.0. The molecule has 2 heterocycles. The highest BCUT2D eigenvalue weighted by atomic mass is 16.7. The fourth-order valence-corrected chi connectivity index (χ4v) is 2.67. The summed E-state index contributed by atoms with van der Waals surface area (Å²) in [7, 11) is 6.30. The predicted molar refractivity (Wildman–Crippen MR) is 85.3 cm³/mol. The minimum Gasteiger partial charge on any atom is -0.497 e. The van der Waals surface area contributed by atoms with Crippen LogP contribution in [0.25, 0.3) is 11.0 Å². The van der Waals surface area contributed by atoms with Gasteiger partial charge in [0.25, 0.3) is 0 Å². The van der Waals surface area contributed by atoms with Crippen LogP contribution in [0.5, 0.6) is 11.5 Å². The van der Waals surface area contributed by atoms with Gasteiger partial charge in [-0.3, -0.25) is 5.10 Å². The topological polar surface area (TPSA) is 91.6 Å². The third-order valence-corrected chi connectivity index (χ3v) is 3.80.